The highest BCUT2D eigenvalue weighted by Crippen LogP contribution is 2.49. The van der Waals surface area contributed by atoms with Crippen molar-refractivity contribution in [1.29, 1.82) is 0 Å². The smallest absolute Gasteiger partial charge is 0.338 e. The van der Waals surface area contributed by atoms with E-state index in [9.17, 15) is 0 Å². The Kier molecular flexibility index (Phi) is 11.4. The zero-order valence-corrected chi connectivity index (χ0v) is 42.0. The lowest BCUT2D eigenvalue weighted by Crippen LogP contribution is -2.61. The molecule has 75 heavy (non-hydrogen) atoms. The second-order valence-electron chi connectivity index (χ2n) is 20.9. The maximum Gasteiger partial charge on any atom is 0.338 e. The van der Waals surface area contributed by atoms with Gasteiger partial charge >= 0.3 is 5.97 Å². The van der Waals surface area contributed by atoms with Crippen LogP contribution < -0.4 is 26.2 Å². The number of benzene rings is 10. The molecule has 5 heteroatoms. The van der Waals surface area contributed by atoms with Crippen molar-refractivity contribution in [2.75, 3.05) is 9.80 Å². The van der Waals surface area contributed by atoms with Gasteiger partial charge in [0.1, 0.15) is 6.61 Å². The zero-order chi connectivity index (χ0) is 49.8. The summed E-state index contributed by atoms with van der Waals surface area (Å²) in [7, 11) is 0. The molecule has 4 nitrogen and oxygen atoms in total. The SMILES string of the molecule is O=C(OCc1ccccc1)c1cc2c3c(c1)N(c1cc(-c4ccccc4)cc(-c4ccccc4)c1)c1cc4c(cc1B3c1cc3c(cc1N2c1cc(-c2ccccc2)cc(-c2ccccc2)c1)CCCC3)CCCC4. The maximum atomic E-state index is 15.1. The Bertz CT molecular complexity index is 3470. The predicted molar refractivity (Wildman–Crippen MR) is 311 cm³/mol. The summed E-state index contributed by atoms with van der Waals surface area (Å²) in [6, 6.07) is 81.6. The molecule has 2 aliphatic heterocycles. The second-order valence-corrected chi connectivity index (χ2v) is 20.9. The average Bonchev–Trinajstić information content (AvgIpc) is 3.56. The highest BCUT2D eigenvalue weighted by Gasteiger charge is 2.45. The van der Waals surface area contributed by atoms with E-state index in [1.165, 1.54) is 75.7 Å². The number of aryl methyl sites for hydroxylation is 4. The summed E-state index contributed by atoms with van der Waals surface area (Å²) in [5, 5.41) is 0. The molecule has 0 atom stereocenters. The van der Waals surface area contributed by atoms with E-state index in [0.717, 1.165) is 98.5 Å². The summed E-state index contributed by atoms with van der Waals surface area (Å²) in [6.07, 6.45) is 8.96. The van der Waals surface area contributed by atoms with E-state index in [0.29, 0.717) is 5.56 Å². The highest BCUT2D eigenvalue weighted by atomic mass is 16.5. The summed E-state index contributed by atoms with van der Waals surface area (Å²) >= 11 is 0. The van der Waals surface area contributed by atoms with Gasteiger partial charge in [-0.05, 0) is 201 Å². The van der Waals surface area contributed by atoms with E-state index >= 15 is 4.79 Å². The summed E-state index contributed by atoms with van der Waals surface area (Å²) in [6.45, 7) is 0.0729. The van der Waals surface area contributed by atoms with Crippen LogP contribution in [0.15, 0.2) is 224 Å². The van der Waals surface area contributed by atoms with Crippen molar-refractivity contribution in [3.63, 3.8) is 0 Å². The van der Waals surface area contributed by atoms with Crippen LogP contribution in [0.25, 0.3) is 44.5 Å². The van der Waals surface area contributed by atoms with Crippen molar-refractivity contribution in [2.24, 2.45) is 0 Å². The van der Waals surface area contributed by atoms with Crippen LogP contribution in [0.3, 0.4) is 0 Å². The number of hydrogen-bond acceptors (Lipinski definition) is 4. The molecule has 10 aromatic rings. The van der Waals surface area contributed by atoms with E-state index in [4.69, 9.17) is 4.74 Å². The van der Waals surface area contributed by atoms with E-state index in [1.807, 2.05) is 30.3 Å². The molecule has 2 heterocycles. The van der Waals surface area contributed by atoms with E-state index in [-0.39, 0.29) is 19.3 Å². The standard InChI is InChI=1S/C70H55BN2O2/c74-70(75-46-47-20-6-1-7-21-47)60-44-67-69-68(45-60)73(62-38-58(50-26-12-4-13-27-50)35-59(39-62)51-28-14-5-15-29-51)66-43-55-33-19-17-31-53(55)41-64(66)71(69)63-40-52-30-16-18-32-54(52)42-65(63)72(67)61-36-56(48-22-8-2-9-23-48)34-57(37-61)49-24-10-3-11-25-49/h1-15,20-29,34-45H,16-19,30-33,46H2. The number of anilines is 6. The van der Waals surface area contributed by atoms with E-state index in [2.05, 4.69) is 204 Å². The molecular formula is C70H55BN2O2. The number of hydrogen-bond donors (Lipinski definition) is 0. The van der Waals surface area contributed by atoms with Gasteiger partial charge in [0.05, 0.1) is 5.56 Å². The Hall–Kier alpha value is -8.67. The van der Waals surface area contributed by atoms with Crippen LogP contribution in [0.4, 0.5) is 34.1 Å². The van der Waals surface area contributed by atoms with Crippen molar-refractivity contribution >= 4 is 63.2 Å². The molecule has 0 N–H and O–H groups in total. The number of ether oxygens (including phenoxy) is 1. The van der Waals surface area contributed by atoms with Gasteiger partial charge in [0.15, 0.2) is 0 Å². The summed E-state index contributed by atoms with van der Waals surface area (Å²) < 4.78 is 6.35. The molecule has 0 spiro atoms. The maximum absolute atomic E-state index is 15.1. The quantitative estimate of drug-likeness (QED) is 0.107. The number of carbonyl (C=O) groups excluding carboxylic acids is 1. The number of fused-ring (bicyclic) bond motifs is 6. The van der Waals surface area contributed by atoms with Crippen LogP contribution in [0.1, 0.15) is 63.9 Å². The minimum atomic E-state index is -0.354. The van der Waals surface area contributed by atoms with Gasteiger partial charge in [0.25, 0.3) is 6.71 Å². The highest BCUT2D eigenvalue weighted by molar-refractivity contribution is 7.00. The summed E-state index contributed by atoms with van der Waals surface area (Å²) in [5.74, 6) is -0.354. The van der Waals surface area contributed by atoms with Crippen molar-refractivity contribution in [1.82, 2.24) is 0 Å². The van der Waals surface area contributed by atoms with Gasteiger partial charge in [-0.1, -0.05) is 164 Å². The lowest BCUT2D eigenvalue weighted by Gasteiger charge is -2.45. The van der Waals surface area contributed by atoms with E-state index in [1.54, 1.807) is 0 Å². The van der Waals surface area contributed by atoms with Crippen molar-refractivity contribution in [3.8, 4) is 44.5 Å². The minimum absolute atomic E-state index is 0.0989. The van der Waals surface area contributed by atoms with Crippen LogP contribution in [-0.4, -0.2) is 12.7 Å². The second kappa shape index (κ2) is 19.0. The summed E-state index contributed by atoms with van der Waals surface area (Å²) in [5.41, 5.74) is 26.6. The van der Waals surface area contributed by atoms with Gasteiger partial charge in [0, 0.05) is 34.1 Å². The molecule has 0 radical (unpaired) electrons. The molecule has 0 aromatic heterocycles. The van der Waals surface area contributed by atoms with Crippen molar-refractivity contribution < 1.29 is 9.53 Å². The lowest BCUT2D eigenvalue weighted by molar-refractivity contribution is 0.0473. The first-order chi connectivity index (χ1) is 37.1. The van der Waals surface area contributed by atoms with Crippen LogP contribution in [0, 0.1) is 0 Å². The first kappa shape index (κ1) is 45.0. The Labute approximate surface area is 440 Å². The number of nitrogens with zero attached hydrogens (tertiary/aromatic N) is 2. The van der Waals surface area contributed by atoms with E-state index < -0.39 is 0 Å². The molecule has 0 saturated carbocycles. The molecular weight excluding hydrogens is 912 g/mol. The zero-order valence-electron chi connectivity index (χ0n) is 42.0. The van der Waals surface area contributed by atoms with Crippen LogP contribution >= 0.6 is 0 Å². The van der Waals surface area contributed by atoms with Gasteiger partial charge in [-0.25, -0.2) is 4.79 Å². The van der Waals surface area contributed by atoms with Crippen LogP contribution in [0.2, 0.25) is 0 Å². The predicted octanol–water partition coefficient (Wildman–Crippen LogP) is 15.6. The molecule has 0 amide bonds. The van der Waals surface area contributed by atoms with Crippen LogP contribution in [-0.2, 0) is 37.0 Å². The largest absolute Gasteiger partial charge is 0.457 e. The third-order valence-electron chi connectivity index (χ3n) is 16.2. The molecule has 360 valence electrons. The molecule has 0 bridgehead atoms. The fourth-order valence-electron chi connectivity index (χ4n) is 12.6. The van der Waals surface area contributed by atoms with Crippen LogP contribution in [0.5, 0.6) is 0 Å². The number of esters is 1. The summed E-state index contributed by atoms with van der Waals surface area (Å²) in [4.78, 5) is 20.1. The lowest BCUT2D eigenvalue weighted by atomic mass is 9.33. The van der Waals surface area contributed by atoms with Gasteiger partial charge in [0.2, 0.25) is 0 Å². The molecule has 10 aromatic carbocycles. The van der Waals surface area contributed by atoms with Gasteiger partial charge < -0.3 is 14.5 Å². The Morgan fingerprint density at radius 3 is 1.09 bits per heavy atom. The molecule has 2 aliphatic carbocycles. The fourth-order valence-corrected chi connectivity index (χ4v) is 12.6. The Balaban J connectivity index is 1.08. The minimum Gasteiger partial charge on any atom is -0.457 e. The molecule has 0 saturated heterocycles. The fraction of sp³-hybridized carbons (Fsp3) is 0.129. The van der Waals surface area contributed by atoms with Gasteiger partial charge in [-0.2, -0.15) is 0 Å². The van der Waals surface area contributed by atoms with Gasteiger partial charge in [-0.3, -0.25) is 0 Å². The third-order valence-corrected chi connectivity index (χ3v) is 16.2. The molecule has 0 unspecified atom stereocenters. The third kappa shape index (κ3) is 8.24. The van der Waals surface area contributed by atoms with Gasteiger partial charge in [-0.15, -0.1) is 0 Å². The first-order valence-corrected chi connectivity index (χ1v) is 26.9. The topological polar surface area (TPSA) is 32.8 Å². The van der Waals surface area contributed by atoms with Crippen molar-refractivity contribution in [3.05, 3.63) is 258 Å². The number of rotatable bonds is 9. The monoisotopic (exact) mass is 966 g/mol. The number of carbonyl (C=O) groups is 1. The normalized spacial score (nSPS) is 14.0. The Morgan fingerprint density at radius 1 is 0.373 bits per heavy atom. The Morgan fingerprint density at radius 2 is 0.720 bits per heavy atom. The van der Waals surface area contributed by atoms with Crippen molar-refractivity contribution in [2.45, 2.75) is 58.0 Å². The molecule has 0 fully saturated rings. The molecule has 4 aliphatic rings. The first-order valence-electron chi connectivity index (χ1n) is 26.9. The average molecular weight is 967 g/mol. The molecule has 14 rings (SSSR count).